The predicted molar refractivity (Wildman–Crippen MR) is 91.5 cm³/mol. The monoisotopic (exact) mass is 356 g/mol. The molecule has 1 fully saturated rings. The summed E-state index contributed by atoms with van der Waals surface area (Å²) < 4.78 is 10.7. The van der Waals surface area contributed by atoms with E-state index in [9.17, 15) is 9.90 Å². The van der Waals surface area contributed by atoms with Crippen molar-refractivity contribution in [1.29, 1.82) is 0 Å². The zero-order valence-corrected chi connectivity index (χ0v) is 15.6. The fraction of sp³-hybridized carbons (Fsp3) is 0.647. The lowest BCUT2D eigenvalue weighted by atomic mass is 9.92. The van der Waals surface area contributed by atoms with Gasteiger partial charge in [0.05, 0.1) is 24.3 Å². The van der Waals surface area contributed by atoms with Gasteiger partial charge in [0.15, 0.2) is 0 Å². The number of carbonyl (C=O) groups is 1. The lowest BCUT2D eigenvalue weighted by Crippen LogP contribution is -2.41. The number of aromatic nitrogens is 1. The number of rotatable bonds is 3. The molecule has 0 saturated carbocycles. The van der Waals surface area contributed by atoms with Crippen molar-refractivity contribution in [1.82, 2.24) is 9.88 Å². The zero-order valence-electron chi connectivity index (χ0n) is 14.8. The van der Waals surface area contributed by atoms with Crippen LogP contribution in [0.1, 0.15) is 39.7 Å². The van der Waals surface area contributed by atoms with Crippen LogP contribution in [0.5, 0.6) is 5.88 Å². The molecule has 0 spiro atoms. The smallest absolute Gasteiger partial charge is 0.410 e. The van der Waals surface area contributed by atoms with Crippen LogP contribution in [0.4, 0.5) is 4.79 Å². The van der Waals surface area contributed by atoms with Gasteiger partial charge in [0.25, 0.3) is 0 Å². The number of carbonyl (C=O) groups excluding carboxylic acids is 1. The van der Waals surface area contributed by atoms with Crippen LogP contribution >= 0.6 is 11.6 Å². The molecular formula is C17H25ClN2O4. The molecule has 0 radical (unpaired) electrons. The number of likely N-dealkylation sites (tertiary alicyclic amines) is 1. The van der Waals surface area contributed by atoms with Crippen molar-refractivity contribution < 1.29 is 19.4 Å². The summed E-state index contributed by atoms with van der Waals surface area (Å²) in [5.41, 5.74) is -1.04. The van der Waals surface area contributed by atoms with Crippen LogP contribution in [0, 0.1) is 0 Å². The summed E-state index contributed by atoms with van der Waals surface area (Å²) in [5.74, 6) is 0.388. The summed E-state index contributed by atoms with van der Waals surface area (Å²) in [6.07, 6.45) is 1.82. The maximum atomic E-state index is 12.3. The van der Waals surface area contributed by atoms with Gasteiger partial charge in [0.2, 0.25) is 5.88 Å². The summed E-state index contributed by atoms with van der Waals surface area (Å²) in [6.45, 7) is 7.52. The summed E-state index contributed by atoms with van der Waals surface area (Å²) >= 11 is 6.23. The number of hydrogen-bond donors (Lipinski definition) is 1. The van der Waals surface area contributed by atoms with Crippen molar-refractivity contribution in [3.8, 4) is 5.88 Å². The highest BCUT2D eigenvalue weighted by atomic mass is 35.5. The molecule has 2 rings (SSSR count). The molecule has 2 heterocycles. The van der Waals surface area contributed by atoms with E-state index in [4.69, 9.17) is 21.1 Å². The van der Waals surface area contributed by atoms with Gasteiger partial charge in [-0.25, -0.2) is 9.78 Å². The van der Waals surface area contributed by atoms with Gasteiger partial charge >= 0.3 is 6.09 Å². The number of β-amino-alcohol motifs (C(OH)–C–C–N with tert-alkyl or cyclic N) is 1. The Hall–Kier alpha value is -1.53. The van der Waals surface area contributed by atoms with E-state index in [0.29, 0.717) is 22.9 Å². The Balaban J connectivity index is 2.17. The number of ether oxygens (including phenoxy) is 2. The first-order valence-corrected chi connectivity index (χ1v) is 8.32. The van der Waals surface area contributed by atoms with Crippen LogP contribution in [-0.4, -0.2) is 52.0 Å². The molecule has 0 aromatic carbocycles. The molecule has 1 aliphatic heterocycles. The Morgan fingerprint density at radius 3 is 2.79 bits per heavy atom. The second kappa shape index (κ2) is 6.76. The van der Waals surface area contributed by atoms with Crippen LogP contribution in [0.15, 0.2) is 12.3 Å². The minimum atomic E-state index is -1.10. The largest absolute Gasteiger partial charge is 0.481 e. The molecule has 0 unspecified atom stereocenters. The molecule has 1 saturated heterocycles. The molecule has 24 heavy (non-hydrogen) atoms. The van der Waals surface area contributed by atoms with Crippen molar-refractivity contribution in [3.05, 3.63) is 22.8 Å². The van der Waals surface area contributed by atoms with Crippen LogP contribution in [-0.2, 0) is 11.2 Å². The lowest BCUT2D eigenvalue weighted by molar-refractivity contribution is 0.0128. The molecule has 134 valence electrons. The van der Waals surface area contributed by atoms with Crippen LogP contribution in [0.25, 0.3) is 0 Å². The molecule has 1 aliphatic rings. The topological polar surface area (TPSA) is 71.9 Å². The Labute approximate surface area is 147 Å². The number of aliphatic hydroxyl groups is 1. The molecule has 1 aromatic rings. The summed E-state index contributed by atoms with van der Waals surface area (Å²) in [6, 6.07) is 1.53. The van der Waals surface area contributed by atoms with Gasteiger partial charge < -0.3 is 19.5 Å². The normalized spacial score (nSPS) is 24.1. The molecule has 6 nitrogen and oxygen atoms in total. The average molecular weight is 357 g/mol. The highest BCUT2D eigenvalue weighted by Gasteiger charge is 2.45. The number of nitrogens with zero attached hydrogens (tertiary/aromatic N) is 2. The molecule has 7 heteroatoms. The molecule has 1 aromatic heterocycles. The van der Waals surface area contributed by atoms with Gasteiger partial charge in [0, 0.05) is 24.2 Å². The standard InChI is InChI=1S/C17H25ClN2O4/c1-11-8-17(22,10-20(11)15(21)24-16(2,3)4)9-12-13(18)6-7-19-14(12)23-5/h6-7,11,22H,8-10H2,1-5H3/t11-,17-/m0/s1. The van der Waals surface area contributed by atoms with Gasteiger partial charge in [-0.05, 0) is 40.2 Å². The van der Waals surface area contributed by atoms with E-state index in [0.717, 1.165) is 0 Å². The number of halogens is 1. The van der Waals surface area contributed by atoms with Crippen LogP contribution in [0.2, 0.25) is 5.02 Å². The maximum absolute atomic E-state index is 12.3. The lowest BCUT2D eigenvalue weighted by Gasteiger charge is -2.28. The van der Waals surface area contributed by atoms with Crippen LogP contribution in [0.3, 0.4) is 0 Å². The van der Waals surface area contributed by atoms with Crippen molar-refractivity contribution in [2.24, 2.45) is 0 Å². The highest BCUT2D eigenvalue weighted by Crippen LogP contribution is 2.35. The minimum Gasteiger partial charge on any atom is -0.481 e. The van der Waals surface area contributed by atoms with Crippen molar-refractivity contribution in [3.63, 3.8) is 0 Å². The van der Waals surface area contributed by atoms with E-state index in [1.54, 1.807) is 17.2 Å². The Kier molecular flexibility index (Phi) is 5.30. The number of pyridine rings is 1. The Morgan fingerprint density at radius 2 is 2.21 bits per heavy atom. The van der Waals surface area contributed by atoms with Crippen molar-refractivity contribution in [2.45, 2.75) is 57.8 Å². The predicted octanol–water partition coefficient (Wildman–Crippen LogP) is 3.05. The summed E-state index contributed by atoms with van der Waals surface area (Å²) in [4.78, 5) is 18.0. The van der Waals surface area contributed by atoms with Crippen LogP contribution < -0.4 is 4.74 Å². The molecule has 2 atom stereocenters. The fourth-order valence-corrected chi connectivity index (χ4v) is 3.21. The van der Waals surface area contributed by atoms with Crippen molar-refractivity contribution in [2.75, 3.05) is 13.7 Å². The average Bonchev–Trinajstić information content (AvgIpc) is 2.75. The second-order valence-electron chi connectivity index (χ2n) is 7.34. The number of amides is 1. The first kappa shape index (κ1) is 18.8. The Bertz CT molecular complexity index is 617. The SMILES string of the molecule is COc1nccc(Cl)c1C[C@@]1(O)C[C@H](C)N(C(=O)OC(C)(C)C)C1. The first-order valence-electron chi connectivity index (χ1n) is 7.94. The van der Waals surface area contributed by atoms with E-state index < -0.39 is 17.3 Å². The third-order valence-corrected chi connectivity index (χ3v) is 4.31. The third-order valence-electron chi connectivity index (χ3n) is 3.96. The van der Waals surface area contributed by atoms with Gasteiger partial charge in [-0.15, -0.1) is 0 Å². The zero-order chi connectivity index (χ0) is 18.1. The van der Waals surface area contributed by atoms with Gasteiger partial charge in [0.1, 0.15) is 5.60 Å². The van der Waals surface area contributed by atoms with Crippen molar-refractivity contribution >= 4 is 17.7 Å². The highest BCUT2D eigenvalue weighted by molar-refractivity contribution is 6.31. The van der Waals surface area contributed by atoms with Gasteiger partial charge in [-0.3, -0.25) is 0 Å². The number of hydrogen-bond acceptors (Lipinski definition) is 5. The summed E-state index contributed by atoms with van der Waals surface area (Å²) in [5, 5.41) is 11.5. The Morgan fingerprint density at radius 1 is 1.54 bits per heavy atom. The minimum absolute atomic E-state index is 0.133. The number of methoxy groups -OCH3 is 1. The first-order chi connectivity index (χ1) is 11.0. The molecule has 1 N–H and O–H groups in total. The maximum Gasteiger partial charge on any atom is 0.410 e. The second-order valence-corrected chi connectivity index (χ2v) is 7.75. The molecule has 1 amide bonds. The van der Waals surface area contributed by atoms with E-state index in [2.05, 4.69) is 4.98 Å². The quantitative estimate of drug-likeness (QED) is 0.901. The molecular weight excluding hydrogens is 332 g/mol. The van der Waals surface area contributed by atoms with E-state index >= 15 is 0 Å². The fourth-order valence-electron chi connectivity index (χ4n) is 3.01. The van der Waals surface area contributed by atoms with Gasteiger partial charge in [-0.1, -0.05) is 11.6 Å². The third kappa shape index (κ3) is 4.30. The summed E-state index contributed by atoms with van der Waals surface area (Å²) in [7, 11) is 1.51. The molecule has 0 bridgehead atoms. The van der Waals surface area contributed by atoms with Gasteiger partial charge in [-0.2, -0.15) is 0 Å². The van der Waals surface area contributed by atoms with E-state index in [-0.39, 0.29) is 19.0 Å². The van der Waals surface area contributed by atoms with E-state index in [1.165, 1.54) is 7.11 Å². The van der Waals surface area contributed by atoms with E-state index in [1.807, 2.05) is 27.7 Å². The molecule has 0 aliphatic carbocycles.